The van der Waals surface area contributed by atoms with Crippen LogP contribution in [0.2, 0.25) is 0 Å². The van der Waals surface area contributed by atoms with Crippen LogP contribution >= 0.6 is 0 Å². The molecule has 2 aliphatic heterocycles. The van der Waals surface area contributed by atoms with Crippen molar-refractivity contribution in [1.82, 2.24) is 15.3 Å². The summed E-state index contributed by atoms with van der Waals surface area (Å²) in [4.78, 5) is 23.9. The van der Waals surface area contributed by atoms with E-state index >= 15 is 0 Å². The van der Waals surface area contributed by atoms with Gasteiger partial charge in [0.05, 0.1) is 5.69 Å². The maximum atomic E-state index is 10.7. The van der Waals surface area contributed by atoms with Gasteiger partial charge in [-0.25, -0.2) is 9.97 Å². The minimum atomic E-state index is -0.779. The van der Waals surface area contributed by atoms with Gasteiger partial charge in [-0.05, 0) is 24.3 Å². The number of rotatable bonds is 3. The van der Waals surface area contributed by atoms with Gasteiger partial charge in [0, 0.05) is 5.56 Å². The minimum Gasteiger partial charge on any atom is -0.454 e. The summed E-state index contributed by atoms with van der Waals surface area (Å²) >= 11 is 0. The van der Waals surface area contributed by atoms with E-state index in [1.165, 1.54) is 6.33 Å². The first-order chi connectivity index (χ1) is 10.8. The van der Waals surface area contributed by atoms with Gasteiger partial charge in [0.1, 0.15) is 12.0 Å². The molecule has 110 valence electrons. The average molecular weight is 298 g/mol. The Balaban J connectivity index is 1.66. The van der Waals surface area contributed by atoms with E-state index in [-0.39, 0.29) is 6.79 Å². The van der Waals surface area contributed by atoms with Gasteiger partial charge in [0.2, 0.25) is 6.79 Å². The third-order valence-electron chi connectivity index (χ3n) is 3.24. The van der Waals surface area contributed by atoms with E-state index in [0.717, 1.165) is 5.56 Å². The van der Waals surface area contributed by atoms with Gasteiger partial charge < -0.3 is 19.6 Å². The van der Waals surface area contributed by atoms with Crippen LogP contribution < -0.4 is 14.8 Å². The lowest BCUT2D eigenvalue weighted by molar-refractivity contribution is -0.117. The summed E-state index contributed by atoms with van der Waals surface area (Å²) in [5.74, 6) is 1.78. The second-order valence-corrected chi connectivity index (χ2v) is 4.60. The van der Waals surface area contributed by atoms with E-state index in [0.29, 0.717) is 35.0 Å². The average Bonchev–Trinajstić information content (AvgIpc) is 3.23. The molecule has 0 saturated heterocycles. The monoisotopic (exact) mass is 298 g/mol. The first kappa shape index (κ1) is 12.6. The first-order valence-corrected chi connectivity index (χ1v) is 6.51. The molecule has 0 spiro atoms. The Bertz CT molecular complexity index is 777. The zero-order valence-corrected chi connectivity index (χ0v) is 11.2. The van der Waals surface area contributed by atoms with Crippen LogP contribution in [0.5, 0.6) is 11.5 Å². The fraction of sp³-hybridized carbons (Fsp3) is 0.143. The standard InChI is InChI=1S/C14H10N4O4/c19-5-13-17-14(18-22-13)10-4-9(15-6-16-10)8-1-2-11-12(3-8)21-7-20-11/h1-6,13H,7H2,(H,17,18). The van der Waals surface area contributed by atoms with Gasteiger partial charge in [-0.1, -0.05) is 5.16 Å². The molecule has 2 aliphatic rings. The normalized spacial score (nSPS) is 18.4. The second kappa shape index (κ2) is 4.99. The molecule has 0 aliphatic carbocycles. The van der Waals surface area contributed by atoms with Crippen LogP contribution in [0.25, 0.3) is 11.3 Å². The highest BCUT2D eigenvalue weighted by Gasteiger charge is 2.21. The second-order valence-electron chi connectivity index (χ2n) is 4.60. The predicted molar refractivity (Wildman–Crippen MR) is 74.2 cm³/mol. The summed E-state index contributed by atoms with van der Waals surface area (Å²) in [6.07, 6.45) is 1.27. The van der Waals surface area contributed by atoms with Gasteiger partial charge in [0.15, 0.2) is 23.6 Å². The number of carbonyl (C=O) groups is 1. The lowest BCUT2D eigenvalue weighted by Crippen LogP contribution is -2.31. The molecule has 1 unspecified atom stereocenters. The maximum Gasteiger partial charge on any atom is 0.254 e. The molecule has 0 bridgehead atoms. The van der Waals surface area contributed by atoms with Crippen LogP contribution in [0.15, 0.2) is 35.7 Å². The highest BCUT2D eigenvalue weighted by molar-refractivity contribution is 5.99. The summed E-state index contributed by atoms with van der Waals surface area (Å²) in [6.45, 7) is 0.221. The highest BCUT2D eigenvalue weighted by atomic mass is 16.7. The van der Waals surface area contributed by atoms with E-state index in [1.54, 1.807) is 6.07 Å². The number of aromatic nitrogens is 2. The topological polar surface area (TPSA) is 94.9 Å². The Morgan fingerprint density at radius 3 is 2.86 bits per heavy atom. The Labute approximate surface area is 124 Å². The van der Waals surface area contributed by atoms with Crippen LogP contribution in [-0.4, -0.2) is 35.1 Å². The van der Waals surface area contributed by atoms with Crippen molar-refractivity contribution in [3.63, 3.8) is 0 Å². The third-order valence-corrected chi connectivity index (χ3v) is 3.24. The number of oxime groups is 1. The molecule has 8 nitrogen and oxygen atoms in total. The molecular formula is C14H10N4O4. The van der Waals surface area contributed by atoms with E-state index in [9.17, 15) is 4.79 Å². The van der Waals surface area contributed by atoms with Crippen molar-refractivity contribution in [2.24, 2.45) is 5.16 Å². The number of hydrogen-bond acceptors (Lipinski definition) is 8. The van der Waals surface area contributed by atoms with Gasteiger partial charge in [-0.15, -0.1) is 0 Å². The van der Waals surface area contributed by atoms with Crippen molar-refractivity contribution in [3.05, 3.63) is 36.3 Å². The number of nitrogens with one attached hydrogen (secondary N) is 1. The molecule has 2 aromatic rings. The number of ether oxygens (including phenoxy) is 2. The van der Waals surface area contributed by atoms with Crippen molar-refractivity contribution in [2.45, 2.75) is 6.23 Å². The summed E-state index contributed by atoms with van der Waals surface area (Å²) in [5.41, 5.74) is 2.09. The number of nitrogens with zero attached hydrogens (tertiary/aromatic N) is 3. The van der Waals surface area contributed by atoms with Gasteiger partial charge in [-0.2, -0.15) is 0 Å². The van der Waals surface area contributed by atoms with Crippen LogP contribution in [0.3, 0.4) is 0 Å². The summed E-state index contributed by atoms with van der Waals surface area (Å²) in [5, 5.41) is 6.59. The van der Waals surface area contributed by atoms with Crippen LogP contribution in [0, 0.1) is 0 Å². The predicted octanol–water partition coefficient (Wildman–Crippen LogP) is 0.679. The Morgan fingerprint density at radius 1 is 1.14 bits per heavy atom. The van der Waals surface area contributed by atoms with Crippen LogP contribution in [-0.2, 0) is 9.63 Å². The lowest BCUT2D eigenvalue weighted by Gasteiger charge is -2.05. The Morgan fingerprint density at radius 2 is 2.00 bits per heavy atom. The van der Waals surface area contributed by atoms with Crippen molar-refractivity contribution in [1.29, 1.82) is 0 Å². The first-order valence-electron chi connectivity index (χ1n) is 6.51. The van der Waals surface area contributed by atoms with Crippen molar-refractivity contribution in [2.75, 3.05) is 6.79 Å². The third kappa shape index (κ3) is 2.10. The molecule has 0 radical (unpaired) electrons. The fourth-order valence-electron chi connectivity index (χ4n) is 2.18. The molecule has 1 aromatic heterocycles. The quantitative estimate of drug-likeness (QED) is 0.832. The lowest BCUT2D eigenvalue weighted by atomic mass is 10.1. The van der Waals surface area contributed by atoms with E-state index in [4.69, 9.17) is 14.3 Å². The number of fused-ring (bicyclic) bond motifs is 1. The molecule has 0 amide bonds. The molecule has 0 fully saturated rings. The van der Waals surface area contributed by atoms with E-state index < -0.39 is 6.23 Å². The number of carbonyl (C=O) groups excluding carboxylic acids is 1. The van der Waals surface area contributed by atoms with Crippen LogP contribution in [0.4, 0.5) is 0 Å². The molecule has 3 heterocycles. The zero-order chi connectivity index (χ0) is 14.9. The molecule has 8 heteroatoms. The van der Waals surface area contributed by atoms with Crippen LogP contribution in [0.1, 0.15) is 5.69 Å². The molecule has 4 rings (SSSR count). The summed E-state index contributed by atoms with van der Waals surface area (Å²) < 4.78 is 10.6. The Hall–Kier alpha value is -3.16. The fourth-order valence-corrected chi connectivity index (χ4v) is 2.18. The maximum absolute atomic E-state index is 10.7. The number of benzene rings is 1. The van der Waals surface area contributed by atoms with Crippen molar-refractivity contribution < 1.29 is 19.1 Å². The molecule has 1 atom stereocenters. The molecule has 0 saturated carbocycles. The van der Waals surface area contributed by atoms with Crippen molar-refractivity contribution >= 4 is 12.1 Å². The van der Waals surface area contributed by atoms with E-state index in [1.807, 2.05) is 18.2 Å². The summed E-state index contributed by atoms with van der Waals surface area (Å²) in [6, 6.07) is 7.31. The smallest absolute Gasteiger partial charge is 0.254 e. The molecular weight excluding hydrogens is 288 g/mol. The van der Waals surface area contributed by atoms with Gasteiger partial charge in [-0.3, -0.25) is 4.79 Å². The highest BCUT2D eigenvalue weighted by Crippen LogP contribution is 2.35. The SMILES string of the molecule is O=CC1NC(c2cc(-c3ccc4c(c3)OCO4)ncn2)=NO1. The van der Waals surface area contributed by atoms with E-state index in [2.05, 4.69) is 20.4 Å². The van der Waals surface area contributed by atoms with Gasteiger partial charge >= 0.3 is 0 Å². The van der Waals surface area contributed by atoms with Crippen molar-refractivity contribution in [3.8, 4) is 22.8 Å². The molecule has 22 heavy (non-hydrogen) atoms. The largest absolute Gasteiger partial charge is 0.454 e. The number of hydrogen-bond donors (Lipinski definition) is 1. The molecule has 1 aromatic carbocycles. The number of amidine groups is 1. The summed E-state index contributed by atoms with van der Waals surface area (Å²) in [7, 11) is 0. The molecule has 1 N–H and O–H groups in total. The minimum absolute atomic E-state index is 0.221. The van der Waals surface area contributed by atoms with Gasteiger partial charge in [0.25, 0.3) is 6.23 Å². The number of aldehydes is 1. The Kier molecular flexibility index (Phi) is 2.85. The zero-order valence-electron chi connectivity index (χ0n) is 11.2.